The maximum absolute atomic E-state index is 5.18. The summed E-state index contributed by atoms with van der Waals surface area (Å²) in [5.41, 5.74) is 5.88. The summed E-state index contributed by atoms with van der Waals surface area (Å²) in [7, 11) is 0. The van der Waals surface area contributed by atoms with E-state index in [0.29, 0.717) is 5.76 Å². The van der Waals surface area contributed by atoms with Crippen molar-refractivity contribution in [3.8, 4) is 0 Å². The Kier molecular flexibility index (Phi) is 2.98. The summed E-state index contributed by atoms with van der Waals surface area (Å²) in [4.78, 5) is 4.48. The molecule has 3 rings (SSSR count). The number of furan rings is 1. The number of nitrogens with one attached hydrogen (secondary N) is 1. The molecule has 3 aromatic rings. The number of rotatable bonds is 3. The molecule has 0 aliphatic heterocycles. The van der Waals surface area contributed by atoms with Gasteiger partial charge < -0.3 is 4.42 Å². The maximum Gasteiger partial charge on any atom is 0.146 e. The van der Waals surface area contributed by atoms with E-state index >= 15 is 0 Å². The van der Waals surface area contributed by atoms with E-state index in [4.69, 9.17) is 4.42 Å². The highest BCUT2D eigenvalue weighted by atomic mass is 16.3. The van der Waals surface area contributed by atoms with Gasteiger partial charge >= 0.3 is 0 Å². The average molecular weight is 251 g/mol. The third-order valence-corrected chi connectivity index (χ3v) is 2.76. The van der Waals surface area contributed by atoms with Crippen molar-refractivity contribution < 1.29 is 4.42 Å². The second-order valence-electron chi connectivity index (χ2n) is 4.21. The van der Waals surface area contributed by atoms with E-state index in [2.05, 4.69) is 15.5 Å². The third kappa shape index (κ3) is 2.47. The van der Waals surface area contributed by atoms with Crippen molar-refractivity contribution >= 4 is 22.8 Å². The monoisotopic (exact) mass is 251 g/mol. The largest absolute Gasteiger partial charge is 0.463 e. The molecule has 19 heavy (non-hydrogen) atoms. The first-order valence-electron chi connectivity index (χ1n) is 6.02. The lowest BCUT2D eigenvalue weighted by Crippen LogP contribution is -1.94. The smallest absolute Gasteiger partial charge is 0.146 e. The molecule has 0 unspecified atom stereocenters. The molecule has 0 aliphatic rings. The van der Waals surface area contributed by atoms with Crippen LogP contribution in [0.1, 0.15) is 11.5 Å². The van der Waals surface area contributed by atoms with Crippen LogP contribution in [0.2, 0.25) is 0 Å². The summed E-state index contributed by atoms with van der Waals surface area (Å²) in [5, 5.41) is 5.22. The molecule has 1 aromatic carbocycles. The fourth-order valence-electron chi connectivity index (χ4n) is 1.93. The number of hydrogen-bond acceptors (Lipinski definition) is 4. The second-order valence-corrected chi connectivity index (χ2v) is 4.21. The Morgan fingerprint density at radius 1 is 1.21 bits per heavy atom. The van der Waals surface area contributed by atoms with Crippen LogP contribution in [0.25, 0.3) is 10.9 Å². The minimum atomic E-state index is 0.711. The van der Waals surface area contributed by atoms with Crippen molar-refractivity contribution in [1.82, 2.24) is 4.98 Å². The molecule has 0 saturated heterocycles. The highest BCUT2D eigenvalue weighted by molar-refractivity contribution is 5.91. The van der Waals surface area contributed by atoms with E-state index in [9.17, 15) is 0 Å². The van der Waals surface area contributed by atoms with Crippen molar-refractivity contribution in [2.24, 2.45) is 5.10 Å². The van der Waals surface area contributed by atoms with Crippen LogP contribution in [-0.4, -0.2) is 11.2 Å². The first-order valence-corrected chi connectivity index (χ1v) is 6.02. The molecule has 94 valence electrons. The molecule has 0 amide bonds. The zero-order valence-electron chi connectivity index (χ0n) is 10.5. The molecule has 0 atom stereocenters. The molecule has 0 radical (unpaired) electrons. The van der Waals surface area contributed by atoms with Gasteiger partial charge in [-0.1, -0.05) is 18.2 Å². The van der Waals surface area contributed by atoms with Crippen LogP contribution >= 0.6 is 0 Å². The van der Waals surface area contributed by atoms with Crippen LogP contribution in [-0.2, 0) is 0 Å². The number of pyridine rings is 1. The number of aromatic nitrogens is 1. The predicted molar refractivity (Wildman–Crippen MR) is 76.4 cm³/mol. The minimum Gasteiger partial charge on any atom is -0.463 e. The lowest BCUT2D eigenvalue weighted by atomic mass is 10.1. The van der Waals surface area contributed by atoms with Gasteiger partial charge in [0.2, 0.25) is 0 Å². The topological polar surface area (TPSA) is 50.4 Å². The van der Waals surface area contributed by atoms with E-state index in [1.165, 1.54) is 0 Å². The first kappa shape index (κ1) is 11.5. The van der Waals surface area contributed by atoms with Gasteiger partial charge in [-0.3, -0.25) is 10.4 Å². The zero-order valence-corrected chi connectivity index (χ0v) is 10.5. The zero-order chi connectivity index (χ0) is 13.1. The minimum absolute atomic E-state index is 0.711. The number of fused-ring (bicyclic) bond motifs is 1. The van der Waals surface area contributed by atoms with Crippen LogP contribution < -0.4 is 5.43 Å². The number of hydrazone groups is 1. The Balaban J connectivity index is 1.92. The Morgan fingerprint density at radius 2 is 2.11 bits per heavy atom. The highest BCUT2D eigenvalue weighted by Gasteiger charge is 2.02. The van der Waals surface area contributed by atoms with E-state index < -0.39 is 0 Å². The van der Waals surface area contributed by atoms with Gasteiger partial charge in [0, 0.05) is 11.1 Å². The molecular weight excluding hydrogens is 238 g/mol. The van der Waals surface area contributed by atoms with Crippen molar-refractivity contribution in [3.63, 3.8) is 0 Å². The van der Waals surface area contributed by atoms with Crippen LogP contribution in [0.5, 0.6) is 0 Å². The number of aryl methyl sites for hydroxylation is 1. The Labute approximate surface area is 110 Å². The summed E-state index contributed by atoms with van der Waals surface area (Å²) in [5.74, 6) is 0.711. The fourth-order valence-corrected chi connectivity index (χ4v) is 1.93. The summed E-state index contributed by atoms with van der Waals surface area (Å²) in [6.45, 7) is 1.97. The molecule has 2 heterocycles. The lowest BCUT2D eigenvalue weighted by molar-refractivity contribution is 0.560. The van der Waals surface area contributed by atoms with Gasteiger partial charge in [-0.2, -0.15) is 5.10 Å². The van der Waals surface area contributed by atoms with E-state index in [0.717, 1.165) is 22.3 Å². The second kappa shape index (κ2) is 4.94. The highest BCUT2D eigenvalue weighted by Crippen LogP contribution is 2.22. The number of hydrogen-bond donors (Lipinski definition) is 1. The molecule has 0 spiro atoms. The normalized spacial score (nSPS) is 11.2. The maximum atomic E-state index is 5.18. The van der Waals surface area contributed by atoms with Crippen LogP contribution in [0, 0.1) is 6.92 Å². The van der Waals surface area contributed by atoms with Crippen molar-refractivity contribution in [1.29, 1.82) is 0 Å². The van der Waals surface area contributed by atoms with E-state index in [1.807, 2.05) is 49.4 Å². The SMILES string of the molecule is Cc1cc(NN=Cc2ccco2)c2ccccc2n1. The van der Waals surface area contributed by atoms with Gasteiger partial charge in [-0.25, -0.2) is 0 Å². The molecule has 0 aliphatic carbocycles. The molecule has 4 heteroatoms. The lowest BCUT2D eigenvalue weighted by Gasteiger charge is -2.06. The molecule has 0 bridgehead atoms. The number of nitrogens with zero attached hydrogens (tertiary/aromatic N) is 2. The van der Waals surface area contributed by atoms with Crippen LogP contribution in [0.3, 0.4) is 0 Å². The number of benzene rings is 1. The van der Waals surface area contributed by atoms with Crippen molar-refractivity contribution in [2.45, 2.75) is 6.92 Å². The van der Waals surface area contributed by atoms with Gasteiger partial charge in [0.05, 0.1) is 23.7 Å². The number of para-hydroxylation sites is 1. The number of anilines is 1. The molecule has 2 aromatic heterocycles. The van der Waals surface area contributed by atoms with Gasteiger partial charge in [0.25, 0.3) is 0 Å². The average Bonchev–Trinajstić information content (AvgIpc) is 2.91. The molecular formula is C15H13N3O. The molecule has 0 fully saturated rings. The fraction of sp³-hybridized carbons (Fsp3) is 0.0667. The van der Waals surface area contributed by atoms with Crippen molar-refractivity contribution in [2.75, 3.05) is 5.43 Å². The van der Waals surface area contributed by atoms with Crippen molar-refractivity contribution in [3.05, 3.63) is 60.2 Å². The summed E-state index contributed by atoms with van der Waals surface area (Å²) < 4.78 is 5.18. The Hall–Kier alpha value is -2.62. The summed E-state index contributed by atoms with van der Waals surface area (Å²) >= 11 is 0. The molecule has 1 N–H and O–H groups in total. The first-order chi connectivity index (χ1) is 9.33. The van der Waals surface area contributed by atoms with Gasteiger partial charge in [0.15, 0.2) is 0 Å². The quantitative estimate of drug-likeness (QED) is 0.571. The van der Waals surface area contributed by atoms with Gasteiger partial charge in [-0.05, 0) is 31.2 Å². The summed E-state index contributed by atoms with van der Waals surface area (Å²) in [6, 6.07) is 13.6. The van der Waals surface area contributed by atoms with Gasteiger partial charge in [0.1, 0.15) is 5.76 Å². The Morgan fingerprint density at radius 3 is 2.95 bits per heavy atom. The third-order valence-electron chi connectivity index (χ3n) is 2.76. The summed E-state index contributed by atoms with van der Waals surface area (Å²) in [6.07, 6.45) is 3.26. The van der Waals surface area contributed by atoms with Crippen LogP contribution in [0.4, 0.5) is 5.69 Å². The van der Waals surface area contributed by atoms with Gasteiger partial charge in [-0.15, -0.1) is 0 Å². The van der Waals surface area contributed by atoms with Crippen LogP contribution in [0.15, 0.2) is 58.2 Å². The predicted octanol–water partition coefficient (Wildman–Crippen LogP) is 3.58. The molecule has 0 saturated carbocycles. The van der Waals surface area contributed by atoms with E-state index in [-0.39, 0.29) is 0 Å². The standard InChI is InChI=1S/C15H13N3O/c1-11-9-15(13-6-2-3-7-14(13)17-11)18-16-10-12-5-4-8-19-12/h2-10H,1H3,(H,17,18). The molecule has 4 nitrogen and oxygen atoms in total. The van der Waals surface area contributed by atoms with E-state index in [1.54, 1.807) is 12.5 Å². The Bertz CT molecular complexity index is 717.